The third-order valence-electron chi connectivity index (χ3n) is 2.82. The average Bonchev–Trinajstić information content (AvgIpc) is 2.42. The summed E-state index contributed by atoms with van der Waals surface area (Å²) < 4.78 is 4.60. The Morgan fingerprint density at radius 2 is 2.00 bits per heavy atom. The smallest absolute Gasteiger partial charge is 0.328 e. The predicted octanol–water partition coefficient (Wildman–Crippen LogP) is 2.18. The summed E-state index contributed by atoms with van der Waals surface area (Å²) in [6, 6.07) is 3.11. The molecule has 1 aromatic carbocycles. The van der Waals surface area contributed by atoms with Gasteiger partial charge in [0.2, 0.25) is 0 Å². The molecular weight excluding hydrogens is 300 g/mol. The second-order valence-electron chi connectivity index (χ2n) is 4.61. The second-order valence-corrected chi connectivity index (χ2v) is 5.02. The zero-order valence-electron chi connectivity index (χ0n) is 11.8. The summed E-state index contributed by atoms with van der Waals surface area (Å²) in [5.41, 5.74) is -0.703. The van der Waals surface area contributed by atoms with Gasteiger partial charge in [-0.1, -0.05) is 31.5 Å². The van der Waals surface area contributed by atoms with E-state index in [0.717, 1.165) is 0 Å². The Hall–Kier alpha value is -2.15. The van der Waals surface area contributed by atoms with Gasteiger partial charge in [-0.25, -0.2) is 4.79 Å². The van der Waals surface area contributed by atoms with Gasteiger partial charge in [0.25, 0.3) is 5.91 Å². The molecule has 114 valence electrons. The number of carbonyl (C=O) groups is 2. The lowest BCUT2D eigenvalue weighted by Crippen LogP contribution is -2.45. The second kappa shape index (κ2) is 7.03. The van der Waals surface area contributed by atoms with E-state index in [4.69, 9.17) is 11.6 Å². The molecule has 1 atom stereocenters. The Morgan fingerprint density at radius 3 is 2.48 bits per heavy atom. The van der Waals surface area contributed by atoms with E-state index < -0.39 is 28.5 Å². The highest BCUT2D eigenvalue weighted by atomic mass is 35.5. The molecule has 0 aliphatic heterocycles. The van der Waals surface area contributed by atoms with Crippen molar-refractivity contribution in [1.29, 1.82) is 0 Å². The first-order valence-electron chi connectivity index (χ1n) is 6.11. The van der Waals surface area contributed by atoms with Crippen molar-refractivity contribution in [3.63, 3.8) is 0 Å². The largest absolute Gasteiger partial charge is 0.467 e. The zero-order chi connectivity index (χ0) is 16.2. The van der Waals surface area contributed by atoms with Gasteiger partial charge in [-0.3, -0.25) is 14.9 Å². The number of hydrogen-bond acceptors (Lipinski definition) is 5. The van der Waals surface area contributed by atoms with E-state index in [2.05, 4.69) is 10.1 Å². The lowest BCUT2D eigenvalue weighted by atomic mass is 10.0. The van der Waals surface area contributed by atoms with Gasteiger partial charge in [0, 0.05) is 0 Å². The maximum absolute atomic E-state index is 12.2. The topological polar surface area (TPSA) is 98.5 Å². The highest BCUT2D eigenvalue weighted by Gasteiger charge is 2.29. The lowest BCUT2D eigenvalue weighted by molar-refractivity contribution is -0.385. The number of halogens is 1. The van der Waals surface area contributed by atoms with Crippen LogP contribution >= 0.6 is 11.6 Å². The highest BCUT2D eigenvalue weighted by molar-refractivity contribution is 6.33. The van der Waals surface area contributed by atoms with Crippen LogP contribution in [0.5, 0.6) is 0 Å². The summed E-state index contributed by atoms with van der Waals surface area (Å²) in [6.07, 6.45) is 0. The van der Waals surface area contributed by atoms with Gasteiger partial charge in [-0.2, -0.15) is 0 Å². The highest BCUT2D eigenvalue weighted by Crippen LogP contribution is 2.28. The molecule has 0 heterocycles. The molecule has 0 spiro atoms. The molecule has 0 saturated carbocycles. The molecule has 1 rings (SSSR count). The van der Waals surface area contributed by atoms with Gasteiger partial charge in [0.05, 0.1) is 12.0 Å². The van der Waals surface area contributed by atoms with Crippen LogP contribution in [-0.2, 0) is 9.53 Å². The number of nitrogens with one attached hydrogen (secondary N) is 1. The van der Waals surface area contributed by atoms with Crippen molar-refractivity contribution in [3.05, 3.63) is 38.9 Å². The summed E-state index contributed by atoms with van der Waals surface area (Å²) >= 11 is 5.74. The van der Waals surface area contributed by atoms with Crippen molar-refractivity contribution in [2.45, 2.75) is 19.9 Å². The van der Waals surface area contributed by atoms with Crippen LogP contribution in [0, 0.1) is 16.0 Å². The molecule has 0 aromatic heterocycles. The molecule has 0 aliphatic rings. The molecule has 1 aromatic rings. The first-order valence-corrected chi connectivity index (χ1v) is 6.49. The Kier molecular flexibility index (Phi) is 5.66. The van der Waals surface area contributed by atoms with Gasteiger partial charge >= 0.3 is 11.7 Å². The summed E-state index contributed by atoms with van der Waals surface area (Å²) in [4.78, 5) is 34.1. The number of methoxy groups -OCH3 is 1. The van der Waals surface area contributed by atoms with Crippen molar-refractivity contribution in [2.75, 3.05) is 7.11 Å². The SMILES string of the molecule is COC(=O)C(NC(=O)c1cccc(Cl)c1[N+](=O)[O-])C(C)C. The third-order valence-corrected chi connectivity index (χ3v) is 3.13. The van der Waals surface area contributed by atoms with E-state index in [1.54, 1.807) is 13.8 Å². The van der Waals surface area contributed by atoms with E-state index in [9.17, 15) is 19.7 Å². The van der Waals surface area contributed by atoms with Crippen LogP contribution in [0.15, 0.2) is 18.2 Å². The first kappa shape index (κ1) is 16.9. The molecule has 0 radical (unpaired) electrons. The number of benzene rings is 1. The number of nitrogens with zero attached hydrogens (tertiary/aromatic N) is 1. The molecule has 21 heavy (non-hydrogen) atoms. The number of nitro groups is 1. The van der Waals surface area contributed by atoms with Crippen LogP contribution in [0.3, 0.4) is 0 Å². The lowest BCUT2D eigenvalue weighted by Gasteiger charge is -2.19. The predicted molar refractivity (Wildman–Crippen MR) is 76.2 cm³/mol. The number of carbonyl (C=O) groups excluding carboxylic acids is 2. The van der Waals surface area contributed by atoms with Gasteiger partial charge in [-0.15, -0.1) is 0 Å². The van der Waals surface area contributed by atoms with E-state index >= 15 is 0 Å². The molecule has 1 amide bonds. The van der Waals surface area contributed by atoms with E-state index in [1.165, 1.54) is 25.3 Å². The fraction of sp³-hybridized carbons (Fsp3) is 0.385. The molecule has 7 nitrogen and oxygen atoms in total. The number of amides is 1. The summed E-state index contributed by atoms with van der Waals surface area (Å²) in [5, 5.41) is 13.3. The van der Waals surface area contributed by atoms with Crippen molar-refractivity contribution in [3.8, 4) is 0 Å². The summed E-state index contributed by atoms with van der Waals surface area (Å²) in [6.45, 7) is 3.43. The summed E-state index contributed by atoms with van der Waals surface area (Å²) in [5.74, 6) is -1.61. The average molecular weight is 315 g/mol. The fourth-order valence-electron chi connectivity index (χ4n) is 1.73. The Labute approximate surface area is 126 Å². The number of rotatable bonds is 5. The minimum absolute atomic E-state index is 0.146. The molecule has 0 bridgehead atoms. The third kappa shape index (κ3) is 3.91. The van der Waals surface area contributed by atoms with Gasteiger partial charge in [-0.05, 0) is 18.1 Å². The minimum atomic E-state index is -0.902. The standard InChI is InChI=1S/C13H15ClN2O5/c1-7(2)10(13(18)21-3)15-12(17)8-5-4-6-9(14)11(8)16(19)20/h4-7,10H,1-3H3,(H,15,17). The molecule has 0 saturated heterocycles. The minimum Gasteiger partial charge on any atom is -0.467 e. The van der Waals surface area contributed by atoms with Crippen molar-refractivity contribution >= 4 is 29.2 Å². The molecule has 0 aliphatic carbocycles. The molecular formula is C13H15ClN2O5. The van der Waals surface area contributed by atoms with Gasteiger partial charge < -0.3 is 10.1 Å². The van der Waals surface area contributed by atoms with E-state index in [-0.39, 0.29) is 16.5 Å². The number of para-hydroxylation sites is 1. The van der Waals surface area contributed by atoms with Crippen LogP contribution in [0.25, 0.3) is 0 Å². The van der Waals surface area contributed by atoms with Crippen LogP contribution in [0.2, 0.25) is 5.02 Å². The molecule has 1 unspecified atom stereocenters. The number of esters is 1. The van der Waals surface area contributed by atoms with Crippen molar-refractivity contribution in [2.24, 2.45) is 5.92 Å². The fourth-order valence-corrected chi connectivity index (χ4v) is 1.97. The number of ether oxygens (including phenoxy) is 1. The maximum atomic E-state index is 12.2. The maximum Gasteiger partial charge on any atom is 0.328 e. The van der Waals surface area contributed by atoms with Gasteiger partial charge in [0.1, 0.15) is 16.6 Å². The van der Waals surface area contributed by atoms with E-state index in [0.29, 0.717) is 0 Å². The number of hydrogen-bond donors (Lipinski definition) is 1. The van der Waals surface area contributed by atoms with E-state index in [1.807, 2.05) is 0 Å². The van der Waals surface area contributed by atoms with Crippen molar-refractivity contribution < 1.29 is 19.2 Å². The molecule has 0 fully saturated rings. The van der Waals surface area contributed by atoms with Crippen LogP contribution < -0.4 is 5.32 Å². The van der Waals surface area contributed by atoms with Crippen LogP contribution in [-0.4, -0.2) is 30.0 Å². The Morgan fingerprint density at radius 1 is 1.38 bits per heavy atom. The first-order chi connectivity index (χ1) is 9.79. The van der Waals surface area contributed by atoms with Crippen molar-refractivity contribution in [1.82, 2.24) is 5.32 Å². The molecule has 1 N–H and O–H groups in total. The van der Waals surface area contributed by atoms with Crippen LogP contribution in [0.1, 0.15) is 24.2 Å². The zero-order valence-corrected chi connectivity index (χ0v) is 12.5. The normalized spacial score (nSPS) is 11.9. The summed E-state index contributed by atoms with van der Waals surface area (Å²) in [7, 11) is 1.20. The quantitative estimate of drug-likeness (QED) is 0.510. The van der Waals surface area contributed by atoms with Gasteiger partial charge in [0.15, 0.2) is 0 Å². The molecule has 8 heteroatoms. The van der Waals surface area contributed by atoms with Crippen LogP contribution in [0.4, 0.5) is 5.69 Å². The Bertz CT molecular complexity index is 574. The Balaban J connectivity index is 3.12. The monoisotopic (exact) mass is 314 g/mol. The number of nitro benzene ring substituents is 1.